The second-order valence-electron chi connectivity index (χ2n) is 13.5. The molecular weight excluding hydrogens is 643 g/mol. The summed E-state index contributed by atoms with van der Waals surface area (Å²) < 4.78 is 42.4. The van der Waals surface area contributed by atoms with Gasteiger partial charge < -0.3 is 19.3 Å². The number of carbonyl (C=O) groups excluding carboxylic acids is 2. The van der Waals surface area contributed by atoms with Crippen molar-refractivity contribution >= 4 is 28.0 Å². The van der Waals surface area contributed by atoms with Crippen LogP contribution in [0.2, 0.25) is 0 Å². The van der Waals surface area contributed by atoms with E-state index >= 15 is 0 Å². The van der Waals surface area contributed by atoms with Crippen LogP contribution in [0.1, 0.15) is 43.0 Å². The highest BCUT2D eigenvalue weighted by Crippen LogP contribution is 2.31. The average Bonchev–Trinajstić information content (AvgIpc) is 3.03. The molecule has 0 radical (unpaired) electrons. The van der Waals surface area contributed by atoms with E-state index in [1.165, 1.54) is 12.1 Å². The molecule has 12 heteroatoms. The molecule has 2 unspecified atom stereocenters. The Kier molecular flexibility index (Phi) is 9.35. The first-order valence-corrected chi connectivity index (χ1v) is 17.8. The zero-order valence-electron chi connectivity index (χ0n) is 28.3. The number of nitrogens with zero attached hydrogens (tertiary/aromatic N) is 4. The average molecular weight is 684 g/mol. The van der Waals surface area contributed by atoms with E-state index in [9.17, 15) is 18.0 Å². The second-order valence-corrected chi connectivity index (χ2v) is 15.2. The van der Waals surface area contributed by atoms with Crippen LogP contribution in [0.25, 0.3) is 11.3 Å². The van der Waals surface area contributed by atoms with Gasteiger partial charge in [0.15, 0.2) is 0 Å². The van der Waals surface area contributed by atoms with Crippen molar-refractivity contribution in [1.29, 1.82) is 0 Å². The number of aryl methyl sites for hydroxylation is 2. The molecule has 1 fully saturated rings. The summed E-state index contributed by atoms with van der Waals surface area (Å²) in [7, 11) is -4.14. The van der Waals surface area contributed by atoms with Crippen LogP contribution >= 0.6 is 0 Å². The van der Waals surface area contributed by atoms with Gasteiger partial charge in [-0.1, -0.05) is 60.7 Å². The number of hydrogen-bond donors (Lipinski definition) is 1. The SMILES string of the molecule is Cc1cccc(C)c1-c1cc2nc(n1)NS(=O)(=O)c1cccc(c1)CC(=O)N1CCN(C(=O)OC(C)(C)C)CC1C(Cc1ccccc1)O2. The zero-order chi connectivity index (χ0) is 34.9. The van der Waals surface area contributed by atoms with E-state index in [-0.39, 0.29) is 48.7 Å². The maximum absolute atomic E-state index is 14.1. The van der Waals surface area contributed by atoms with E-state index in [4.69, 9.17) is 9.47 Å². The third-order valence-electron chi connectivity index (χ3n) is 8.60. The van der Waals surface area contributed by atoms with Gasteiger partial charge in [-0.2, -0.15) is 4.98 Å². The van der Waals surface area contributed by atoms with Gasteiger partial charge in [-0.05, 0) is 69.0 Å². The monoisotopic (exact) mass is 683 g/mol. The lowest BCUT2D eigenvalue weighted by Crippen LogP contribution is -2.62. The van der Waals surface area contributed by atoms with Crippen molar-refractivity contribution in [2.45, 2.75) is 70.1 Å². The third-order valence-corrected chi connectivity index (χ3v) is 9.93. The molecule has 11 nitrogen and oxygen atoms in total. The summed E-state index contributed by atoms with van der Waals surface area (Å²) in [5, 5.41) is 0. The number of piperazine rings is 1. The van der Waals surface area contributed by atoms with Crippen LogP contribution in [0.3, 0.4) is 0 Å². The largest absolute Gasteiger partial charge is 0.472 e. The van der Waals surface area contributed by atoms with E-state index in [0.717, 1.165) is 22.3 Å². The van der Waals surface area contributed by atoms with Gasteiger partial charge in [0.2, 0.25) is 17.7 Å². The first-order valence-electron chi connectivity index (χ1n) is 16.3. The number of nitrogens with one attached hydrogen (secondary N) is 1. The Morgan fingerprint density at radius 2 is 1.67 bits per heavy atom. The minimum absolute atomic E-state index is 0.0216. The number of sulfonamides is 1. The second kappa shape index (κ2) is 13.5. The lowest BCUT2D eigenvalue weighted by molar-refractivity contribution is -0.138. The molecule has 3 aromatic carbocycles. The summed E-state index contributed by atoms with van der Waals surface area (Å²) in [5.41, 5.74) is 3.97. The van der Waals surface area contributed by atoms with Crippen LogP contribution in [-0.4, -0.2) is 77.6 Å². The molecular formula is C37H41N5O6S. The van der Waals surface area contributed by atoms with Crippen molar-refractivity contribution in [1.82, 2.24) is 19.8 Å². The van der Waals surface area contributed by atoms with Crippen LogP contribution in [0.15, 0.2) is 83.8 Å². The maximum Gasteiger partial charge on any atom is 0.410 e. The molecule has 1 saturated heterocycles. The molecule has 1 N–H and O–H groups in total. The molecule has 0 saturated carbocycles. The normalized spacial score (nSPS) is 19.2. The summed E-state index contributed by atoms with van der Waals surface area (Å²) >= 11 is 0. The molecule has 2 aliphatic rings. The van der Waals surface area contributed by atoms with Crippen molar-refractivity contribution < 1.29 is 27.5 Å². The van der Waals surface area contributed by atoms with E-state index in [2.05, 4.69) is 14.7 Å². The molecule has 2 amide bonds. The Balaban J connectivity index is 1.52. The standard InChI is InChI=1S/C37H41N5O6S/c1-24-11-9-12-25(2)34(24)29-22-32-39-35(38-29)40-49(45,46)28-16-10-15-27(19-28)21-33(43)42-18-17-41(36(44)48-37(3,4)5)23-30(42)31(47-32)20-26-13-7-6-8-14-26/h6-16,19,22,30-31H,17-18,20-21,23H2,1-5H3,(H,38,39,40). The number of rotatable bonds is 3. The van der Waals surface area contributed by atoms with Crippen LogP contribution in [0.4, 0.5) is 10.7 Å². The molecule has 1 aromatic heterocycles. The van der Waals surface area contributed by atoms with Gasteiger partial charge in [-0.15, -0.1) is 0 Å². The van der Waals surface area contributed by atoms with Gasteiger partial charge in [-0.25, -0.2) is 22.9 Å². The predicted molar refractivity (Wildman–Crippen MR) is 186 cm³/mol. The number of aromatic nitrogens is 2. The summed E-state index contributed by atoms with van der Waals surface area (Å²) in [6.45, 7) is 10.0. The minimum Gasteiger partial charge on any atom is -0.472 e. The molecule has 0 spiro atoms. The summed E-state index contributed by atoms with van der Waals surface area (Å²) in [6.07, 6.45) is -0.836. The first kappa shape index (κ1) is 33.9. The van der Waals surface area contributed by atoms with Gasteiger partial charge in [-0.3, -0.25) is 4.79 Å². The highest BCUT2D eigenvalue weighted by molar-refractivity contribution is 7.92. The van der Waals surface area contributed by atoms with E-state index < -0.39 is 33.9 Å². The van der Waals surface area contributed by atoms with Gasteiger partial charge >= 0.3 is 6.09 Å². The van der Waals surface area contributed by atoms with Gasteiger partial charge in [0.25, 0.3) is 10.0 Å². The molecule has 3 heterocycles. The van der Waals surface area contributed by atoms with Gasteiger partial charge in [0.05, 0.1) is 23.1 Å². The highest BCUT2D eigenvalue weighted by Gasteiger charge is 2.40. The molecule has 2 atom stereocenters. The topological polar surface area (TPSA) is 131 Å². The summed E-state index contributed by atoms with van der Waals surface area (Å²) in [6, 6.07) is 23.0. The third kappa shape index (κ3) is 7.86. The van der Waals surface area contributed by atoms with E-state index in [1.54, 1.807) is 28.0 Å². The van der Waals surface area contributed by atoms with Gasteiger partial charge in [0.1, 0.15) is 11.7 Å². The van der Waals surface area contributed by atoms with Crippen LogP contribution in [0.5, 0.6) is 5.88 Å². The van der Waals surface area contributed by atoms with Crippen molar-refractivity contribution in [3.8, 4) is 17.1 Å². The Labute approximate surface area is 287 Å². The van der Waals surface area contributed by atoms with E-state index in [0.29, 0.717) is 17.7 Å². The fraction of sp³-hybridized carbons (Fsp3) is 0.351. The molecule has 2 aliphatic heterocycles. The fourth-order valence-corrected chi connectivity index (χ4v) is 7.36. The number of hydrogen-bond acceptors (Lipinski definition) is 8. The first-order chi connectivity index (χ1) is 23.3. The fourth-order valence-electron chi connectivity index (χ4n) is 6.34. The number of ether oxygens (including phenoxy) is 2. The summed E-state index contributed by atoms with van der Waals surface area (Å²) in [5.74, 6) is -0.239. The zero-order valence-corrected chi connectivity index (χ0v) is 29.2. The Morgan fingerprint density at radius 3 is 2.39 bits per heavy atom. The van der Waals surface area contributed by atoms with Crippen molar-refractivity contribution in [2.75, 3.05) is 24.4 Å². The molecule has 6 rings (SSSR count). The predicted octanol–water partition coefficient (Wildman–Crippen LogP) is 5.56. The number of amides is 2. The van der Waals surface area contributed by atoms with Crippen LogP contribution < -0.4 is 9.46 Å². The molecule has 0 aliphatic carbocycles. The number of fused-ring (bicyclic) bond motifs is 5. The number of benzene rings is 3. The minimum atomic E-state index is -4.14. The quantitative estimate of drug-likeness (QED) is 0.297. The number of carbonyl (C=O) groups is 2. The summed E-state index contributed by atoms with van der Waals surface area (Å²) in [4.78, 5) is 40.0. The smallest absolute Gasteiger partial charge is 0.410 e. The van der Waals surface area contributed by atoms with Crippen molar-refractivity contribution in [3.63, 3.8) is 0 Å². The molecule has 256 valence electrons. The molecule has 4 bridgehead atoms. The van der Waals surface area contributed by atoms with Crippen LogP contribution in [-0.2, 0) is 32.4 Å². The molecule has 49 heavy (non-hydrogen) atoms. The number of anilines is 1. The van der Waals surface area contributed by atoms with Crippen LogP contribution in [0, 0.1) is 13.8 Å². The van der Waals surface area contributed by atoms with Crippen molar-refractivity contribution in [3.05, 3.63) is 101 Å². The maximum atomic E-state index is 14.1. The molecule has 4 aromatic rings. The lowest BCUT2D eigenvalue weighted by atomic mass is 9.97. The lowest BCUT2D eigenvalue weighted by Gasteiger charge is -2.44. The Hall–Kier alpha value is -4.97. The van der Waals surface area contributed by atoms with E-state index in [1.807, 2.05) is 83.1 Å². The van der Waals surface area contributed by atoms with Crippen molar-refractivity contribution in [2.24, 2.45) is 0 Å². The highest BCUT2D eigenvalue weighted by atomic mass is 32.2. The van der Waals surface area contributed by atoms with Gasteiger partial charge in [0, 0.05) is 37.7 Å². The Morgan fingerprint density at radius 1 is 0.959 bits per heavy atom. The Bertz CT molecular complexity index is 1960.